The Morgan fingerprint density at radius 2 is 2.08 bits per heavy atom. The second kappa shape index (κ2) is 7.44. The smallest absolute Gasteiger partial charge is 0.321 e. The summed E-state index contributed by atoms with van der Waals surface area (Å²) < 4.78 is 0. The molecule has 1 aliphatic heterocycles. The molecule has 0 saturated carbocycles. The van der Waals surface area contributed by atoms with Crippen LogP contribution in [0.25, 0.3) is 10.6 Å². The van der Waals surface area contributed by atoms with Crippen molar-refractivity contribution in [2.24, 2.45) is 0 Å². The number of anilines is 1. The van der Waals surface area contributed by atoms with E-state index in [2.05, 4.69) is 15.6 Å². The maximum Gasteiger partial charge on any atom is 0.321 e. The van der Waals surface area contributed by atoms with Crippen LogP contribution >= 0.6 is 11.3 Å². The van der Waals surface area contributed by atoms with Gasteiger partial charge in [-0.3, -0.25) is 4.79 Å². The van der Waals surface area contributed by atoms with Crippen LogP contribution in [0.3, 0.4) is 0 Å². The third-order valence-corrected chi connectivity index (χ3v) is 4.75. The largest absolute Gasteiger partial charge is 0.352 e. The molecule has 1 fully saturated rings. The fourth-order valence-electron chi connectivity index (χ4n) is 2.83. The number of carbonyl (C=O) groups is 2. The summed E-state index contributed by atoms with van der Waals surface area (Å²) in [5.41, 5.74) is 1.79. The summed E-state index contributed by atoms with van der Waals surface area (Å²) in [6.07, 6.45) is 3.57. The van der Waals surface area contributed by atoms with Gasteiger partial charge in [0.25, 0.3) is 0 Å². The molecule has 7 heteroatoms. The fraction of sp³-hybridized carbons (Fsp3) is 0.353. The monoisotopic (exact) mass is 344 g/mol. The third-order valence-electron chi connectivity index (χ3n) is 3.93. The van der Waals surface area contributed by atoms with E-state index in [4.69, 9.17) is 0 Å². The maximum atomic E-state index is 12.4. The Kier molecular flexibility index (Phi) is 5.10. The van der Waals surface area contributed by atoms with Crippen LogP contribution in [0, 0.1) is 0 Å². The maximum absolute atomic E-state index is 12.4. The van der Waals surface area contributed by atoms with Crippen molar-refractivity contribution in [1.82, 2.24) is 15.2 Å². The summed E-state index contributed by atoms with van der Waals surface area (Å²) in [5, 5.41) is 8.70. The number of hydrogen-bond donors (Lipinski definition) is 2. The quantitative estimate of drug-likeness (QED) is 0.899. The van der Waals surface area contributed by atoms with E-state index in [1.54, 1.807) is 22.4 Å². The van der Waals surface area contributed by atoms with Crippen molar-refractivity contribution in [3.8, 4) is 10.6 Å². The molecule has 24 heavy (non-hydrogen) atoms. The predicted octanol–water partition coefficient (Wildman–Crippen LogP) is 2.94. The van der Waals surface area contributed by atoms with Crippen LogP contribution in [-0.2, 0) is 4.79 Å². The van der Waals surface area contributed by atoms with Gasteiger partial charge in [0.15, 0.2) is 0 Å². The van der Waals surface area contributed by atoms with Gasteiger partial charge in [0.1, 0.15) is 5.01 Å². The number of likely N-dealkylation sites (tertiary alicyclic amines) is 1. The van der Waals surface area contributed by atoms with E-state index in [1.165, 1.54) is 6.92 Å². The number of benzene rings is 1. The Bertz CT molecular complexity index is 700. The lowest BCUT2D eigenvalue weighted by Gasteiger charge is -2.33. The number of nitrogens with zero attached hydrogens (tertiary/aromatic N) is 2. The number of nitrogens with one attached hydrogen (secondary N) is 2. The fourth-order valence-corrected chi connectivity index (χ4v) is 3.48. The van der Waals surface area contributed by atoms with Crippen LogP contribution in [0.5, 0.6) is 0 Å². The average molecular weight is 344 g/mol. The van der Waals surface area contributed by atoms with Crippen LogP contribution in [0.4, 0.5) is 10.5 Å². The molecule has 1 saturated heterocycles. The molecule has 2 N–H and O–H groups in total. The van der Waals surface area contributed by atoms with Crippen molar-refractivity contribution >= 4 is 29.0 Å². The number of rotatable bonds is 3. The highest BCUT2D eigenvalue weighted by Gasteiger charge is 2.24. The Hall–Kier alpha value is -2.41. The number of piperidine rings is 1. The molecule has 1 aliphatic rings. The number of thiazole rings is 1. The third kappa shape index (κ3) is 4.11. The van der Waals surface area contributed by atoms with Crippen molar-refractivity contribution in [3.63, 3.8) is 0 Å². The van der Waals surface area contributed by atoms with Gasteiger partial charge in [-0.25, -0.2) is 9.78 Å². The van der Waals surface area contributed by atoms with E-state index in [-0.39, 0.29) is 18.0 Å². The van der Waals surface area contributed by atoms with Crippen LogP contribution in [0.1, 0.15) is 19.8 Å². The van der Waals surface area contributed by atoms with Gasteiger partial charge in [-0.05, 0) is 37.1 Å². The van der Waals surface area contributed by atoms with Crippen molar-refractivity contribution in [2.45, 2.75) is 25.8 Å². The number of amides is 3. The molecule has 126 valence electrons. The van der Waals surface area contributed by atoms with E-state index >= 15 is 0 Å². The summed E-state index contributed by atoms with van der Waals surface area (Å²) >= 11 is 1.58. The Balaban J connectivity index is 1.59. The second-order valence-electron chi connectivity index (χ2n) is 5.83. The van der Waals surface area contributed by atoms with Gasteiger partial charge in [-0.1, -0.05) is 0 Å². The number of carbonyl (C=O) groups excluding carboxylic acids is 2. The van der Waals surface area contributed by atoms with E-state index in [1.807, 2.05) is 29.6 Å². The molecule has 0 spiro atoms. The lowest BCUT2D eigenvalue weighted by Crippen LogP contribution is -2.50. The lowest BCUT2D eigenvalue weighted by molar-refractivity contribution is -0.119. The molecule has 2 aromatic rings. The predicted molar refractivity (Wildman–Crippen MR) is 95.0 cm³/mol. The zero-order valence-electron chi connectivity index (χ0n) is 13.5. The molecule has 0 bridgehead atoms. The molecular formula is C17H20N4O2S. The first-order valence-electron chi connectivity index (χ1n) is 7.95. The van der Waals surface area contributed by atoms with E-state index in [0.717, 1.165) is 29.1 Å². The lowest BCUT2D eigenvalue weighted by atomic mass is 10.1. The number of hydrogen-bond acceptors (Lipinski definition) is 4. The van der Waals surface area contributed by atoms with E-state index in [0.29, 0.717) is 13.1 Å². The zero-order valence-corrected chi connectivity index (χ0v) is 14.3. The molecule has 6 nitrogen and oxygen atoms in total. The highest BCUT2D eigenvalue weighted by Crippen LogP contribution is 2.23. The van der Waals surface area contributed by atoms with Crippen molar-refractivity contribution < 1.29 is 9.59 Å². The van der Waals surface area contributed by atoms with Gasteiger partial charge in [-0.15, -0.1) is 11.3 Å². The first-order chi connectivity index (χ1) is 11.6. The van der Waals surface area contributed by atoms with Gasteiger partial charge < -0.3 is 15.5 Å². The standard InChI is InChI=1S/C17H20N4O2S/c1-12(22)19-15-3-2-9-21(11-15)17(23)20-14-6-4-13(5-7-14)16-18-8-10-24-16/h4-8,10,15H,2-3,9,11H2,1H3,(H,19,22)(H,20,23)/t15-/m1/s1. The first kappa shape index (κ1) is 16.4. The molecule has 3 amide bonds. The van der Waals surface area contributed by atoms with Gasteiger partial charge in [0.05, 0.1) is 0 Å². The SMILES string of the molecule is CC(=O)N[C@@H]1CCCN(C(=O)Nc2ccc(-c3nccs3)cc2)C1. The average Bonchev–Trinajstić information content (AvgIpc) is 3.09. The van der Waals surface area contributed by atoms with E-state index < -0.39 is 0 Å². The minimum atomic E-state index is -0.132. The highest BCUT2D eigenvalue weighted by molar-refractivity contribution is 7.13. The van der Waals surface area contributed by atoms with Crippen molar-refractivity contribution in [1.29, 1.82) is 0 Å². The molecule has 0 aliphatic carbocycles. The van der Waals surface area contributed by atoms with Crippen LogP contribution in [0.2, 0.25) is 0 Å². The van der Waals surface area contributed by atoms with Gasteiger partial charge >= 0.3 is 6.03 Å². The Labute approximate surface area is 144 Å². The summed E-state index contributed by atoms with van der Waals surface area (Å²) in [4.78, 5) is 29.6. The van der Waals surface area contributed by atoms with Gasteiger partial charge in [0, 0.05) is 48.9 Å². The summed E-state index contributed by atoms with van der Waals surface area (Å²) in [7, 11) is 0. The van der Waals surface area contributed by atoms with Crippen LogP contribution in [-0.4, -0.2) is 41.0 Å². The zero-order chi connectivity index (χ0) is 16.9. The van der Waals surface area contributed by atoms with Crippen molar-refractivity contribution in [2.75, 3.05) is 18.4 Å². The molecule has 1 aromatic carbocycles. The minimum absolute atomic E-state index is 0.0364. The number of aromatic nitrogens is 1. The van der Waals surface area contributed by atoms with Gasteiger partial charge in [-0.2, -0.15) is 0 Å². The van der Waals surface area contributed by atoms with Crippen LogP contribution in [0.15, 0.2) is 35.8 Å². The Morgan fingerprint density at radius 3 is 2.75 bits per heavy atom. The topological polar surface area (TPSA) is 74.3 Å². The second-order valence-corrected chi connectivity index (χ2v) is 6.73. The normalized spacial score (nSPS) is 17.4. The van der Waals surface area contributed by atoms with Crippen molar-refractivity contribution in [3.05, 3.63) is 35.8 Å². The summed E-state index contributed by atoms with van der Waals surface area (Å²) in [6, 6.07) is 7.56. The molecule has 2 heterocycles. The molecule has 1 aromatic heterocycles. The summed E-state index contributed by atoms with van der Waals surface area (Å²) in [5.74, 6) is -0.0555. The van der Waals surface area contributed by atoms with Crippen LogP contribution < -0.4 is 10.6 Å². The molecule has 3 rings (SSSR count). The van der Waals surface area contributed by atoms with E-state index in [9.17, 15) is 9.59 Å². The molecular weight excluding hydrogens is 324 g/mol. The molecule has 1 atom stereocenters. The minimum Gasteiger partial charge on any atom is -0.352 e. The summed E-state index contributed by atoms with van der Waals surface area (Å²) in [6.45, 7) is 2.75. The molecule has 0 radical (unpaired) electrons. The first-order valence-corrected chi connectivity index (χ1v) is 8.83. The molecule has 0 unspecified atom stereocenters. The van der Waals surface area contributed by atoms with Gasteiger partial charge in [0.2, 0.25) is 5.91 Å². The highest BCUT2D eigenvalue weighted by atomic mass is 32.1. The number of urea groups is 1. The Morgan fingerprint density at radius 1 is 1.29 bits per heavy atom.